The summed E-state index contributed by atoms with van der Waals surface area (Å²) < 4.78 is 10.9. The van der Waals surface area contributed by atoms with Crippen molar-refractivity contribution in [3.05, 3.63) is 71.7 Å². The number of esters is 1. The third kappa shape index (κ3) is 7.41. The molecule has 1 heterocycles. The van der Waals surface area contributed by atoms with Crippen LogP contribution in [0.25, 0.3) is 10.6 Å². The smallest absolute Gasteiger partial charge is 0.329 e. The Bertz CT molecular complexity index is 964. The number of amides is 1. The molecule has 162 valence electrons. The number of hydrogen-bond donors (Lipinski definition) is 1. The summed E-state index contributed by atoms with van der Waals surface area (Å²) in [5.41, 5.74) is 1.70. The lowest BCUT2D eigenvalue weighted by atomic mass is 10.2. The van der Waals surface area contributed by atoms with Gasteiger partial charge in [0.15, 0.2) is 6.61 Å². The average Bonchev–Trinajstić information content (AvgIpc) is 3.29. The molecule has 8 heteroatoms. The van der Waals surface area contributed by atoms with Crippen LogP contribution in [0.5, 0.6) is 5.75 Å². The number of thioether (sulfide) groups is 1. The molecule has 0 saturated carbocycles. The standard InChI is InChI=1S/C23H24N2O4S2/c1-30-13-12-20(25-21(26)15-28-19-10-6-3-7-11-19)23(27)29-14-18-16-31-22(24-18)17-8-4-2-5-9-17/h2-11,16,20H,12-15H2,1H3,(H,25,26)/t20-/m0/s1. The molecule has 1 N–H and O–H groups in total. The predicted octanol–water partition coefficient (Wildman–Crippen LogP) is 4.17. The zero-order valence-corrected chi connectivity index (χ0v) is 18.8. The fourth-order valence-electron chi connectivity index (χ4n) is 2.72. The van der Waals surface area contributed by atoms with Crippen molar-refractivity contribution in [3.63, 3.8) is 0 Å². The summed E-state index contributed by atoms with van der Waals surface area (Å²) in [5.74, 6) is 0.469. The minimum Gasteiger partial charge on any atom is -0.484 e. The summed E-state index contributed by atoms with van der Waals surface area (Å²) in [6, 6.07) is 18.2. The first-order chi connectivity index (χ1) is 15.2. The van der Waals surface area contributed by atoms with Crippen LogP contribution in [0.3, 0.4) is 0 Å². The van der Waals surface area contributed by atoms with Gasteiger partial charge in [-0.3, -0.25) is 4.79 Å². The first-order valence-corrected chi connectivity index (χ1v) is 12.1. The molecular formula is C23H24N2O4S2. The lowest BCUT2D eigenvalue weighted by molar-refractivity contribution is -0.149. The molecule has 0 saturated heterocycles. The van der Waals surface area contributed by atoms with E-state index in [2.05, 4.69) is 10.3 Å². The number of para-hydroxylation sites is 1. The van der Waals surface area contributed by atoms with E-state index in [1.807, 2.05) is 60.2 Å². The van der Waals surface area contributed by atoms with Crippen molar-refractivity contribution >= 4 is 35.0 Å². The van der Waals surface area contributed by atoms with Crippen molar-refractivity contribution < 1.29 is 19.1 Å². The Morgan fingerprint density at radius 1 is 1.10 bits per heavy atom. The number of hydrogen-bond acceptors (Lipinski definition) is 7. The van der Waals surface area contributed by atoms with E-state index in [1.165, 1.54) is 11.3 Å². The fourth-order valence-corrected chi connectivity index (χ4v) is 4.00. The number of ether oxygens (including phenoxy) is 2. The van der Waals surface area contributed by atoms with Crippen LogP contribution in [0.15, 0.2) is 66.0 Å². The van der Waals surface area contributed by atoms with Crippen LogP contribution >= 0.6 is 23.1 Å². The van der Waals surface area contributed by atoms with Gasteiger partial charge in [0.05, 0.1) is 5.69 Å². The van der Waals surface area contributed by atoms with Crippen molar-refractivity contribution in [2.24, 2.45) is 0 Å². The Labute approximate surface area is 190 Å². The minimum atomic E-state index is -0.730. The Balaban J connectivity index is 1.52. The SMILES string of the molecule is CSCC[C@H](NC(=O)COc1ccccc1)C(=O)OCc1csc(-c2ccccc2)n1. The normalized spacial score (nSPS) is 11.5. The summed E-state index contributed by atoms with van der Waals surface area (Å²) >= 11 is 3.10. The number of aromatic nitrogens is 1. The summed E-state index contributed by atoms with van der Waals surface area (Å²) in [4.78, 5) is 29.4. The molecule has 1 atom stereocenters. The second kappa shape index (κ2) is 12.1. The zero-order chi connectivity index (χ0) is 21.9. The highest BCUT2D eigenvalue weighted by Crippen LogP contribution is 2.23. The molecular weight excluding hydrogens is 432 g/mol. The first-order valence-electron chi connectivity index (χ1n) is 9.78. The van der Waals surface area contributed by atoms with Crippen LogP contribution in [0.4, 0.5) is 0 Å². The zero-order valence-electron chi connectivity index (χ0n) is 17.2. The highest BCUT2D eigenvalue weighted by molar-refractivity contribution is 7.98. The Kier molecular flexibility index (Phi) is 8.93. The Morgan fingerprint density at radius 2 is 1.81 bits per heavy atom. The molecule has 6 nitrogen and oxygen atoms in total. The molecule has 0 aliphatic carbocycles. The molecule has 0 fully saturated rings. The second-order valence-electron chi connectivity index (χ2n) is 6.62. The van der Waals surface area contributed by atoms with Gasteiger partial charge in [-0.1, -0.05) is 48.5 Å². The molecule has 0 spiro atoms. The highest BCUT2D eigenvalue weighted by atomic mass is 32.2. The Hall–Kier alpha value is -2.84. The van der Waals surface area contributed by atoms with Crippen LogP contribution in [-0.4, -0.2) is 41.5 Å². The number of thiazole rings is 1. The topological polar surface area (TPSA) is 77.5 Å². The maximum absolute atomic E-state index is 12.6. The van der Waals surface area contributed by atoms with Gasteiger partial charge in [0.1, 0.15) is 23.4 Å². The third-order valence-corrected chi connectivity index (χ3v) is 5.86. The summed E-state index contributed by atoms with van der Waals surface area (Å²) in [6.07, 6.45) is 2.42. The number of carbonyl (C=O) groups excluding carboxylic acids is 2. The van der Waals surface area contributed by atoms with Crippen molar-refractivity contribution in [2.75, 3.05) is 18.6 Å². The number of carbonyl (C=O) groups is 2. The molecule has 3 rings (SSSR count). The van der Waals surface area contributed by atoms with Crippen molar-refractivity contribution in [1.29, 1.82) is 0 Å². The molecule has 0 bridgehead atoms. The Morgan fingerprint density at radius 3 is 2.52 bits per heavy atom. The monoisotopic (exact) mass is 456 g/mol. The lowest BCUT2D eigenvalue weighted by Gasteiger charge is -2.17. The summed E-state index contributed by atoms with van der Waals surface area (Å²) in [6.45, 7) is -0.103. The average molecular weight is 457 g/mol. The van der Waals surface area contributed by atoms with Crippen LogP contribution in [0.2, 0.25) is 0 Å². The van der Waals surface area contributed by atoms with Gasteiger partial charge in [-0.05, 0) is 30.6 Å². The van der Waals surface area contributed by atoms with Crippen molar-refractivity contribution in [2.45, 2.75) is 19.1 Å². The van der Waals surface area contributed by atoms with Gasteiger partial charge in [0, 0.05) is 10.9 Å². The van der Waals surface area contributed by atoms with Crippen LogP contribution in [-0.2, 0) is 20.9 Å². The second-order valence-corrected chi connectivity index (χ2v) is 8.46. The van der Waals surface area contributed by atoms with Crippen molar-refractivity contribution in [3.8, 4) is 16.3 Å². The molecule has 0 radical (unpaired) electrons. The number of benzene rings is 2. The van der Waals surface area contributed by atoms with Gasteiger partial charge in [0.2, 0.25) is 0 Å². The lowest BCUT2D eigenvalue weighted by Crippen LogP contribution is -2.44. The van der Waals surface area contributed by atoms with E-state index in [-0.39, 0.29) is 19.1 Å². The molecule has 1 aromatic heterocycles. The molecule has 0 aliphatic heterocycles. The molecule has 0 unspecified atom stereocenters. The maximum Gasteiger partial charge on any atom is 0.329 e. The van der Waals surface area contributed by atoms with E-state index in [0.717, 1.165) is 10.6 Å². The maximum atomic E-state index is 12.6. The third-order valence-electron chi connectivity index (χ3n) is 4.28. The van der Waals surface area contributed by atoms with E-state index < -0.39 is 12.0 Å². The summed E-state index contributed by atoms with van der Waals surface area (Å²) in [7, 11) is 0. The van der Waals surface area contributed by atoms with E-state index >= 15 is 0 Å². The van der Waals surface area contributed by atoms with Gasteiger partial charge >= 0.3 is 5.97 Å². The number of nitrogens with zero attached hydrogens (tertiary/aromatic N) is 1. The molecule has 31 heavy (non-hydrogen) atoms. The van der Waals surface area contributed by atoms with Gasteiger partial charge in [-0.2, -0.15) is 11.8 Å². The molecule has 0 aliphatic rings. The quantitative estimate of drug-likeness (QED) is 0.437. The van der Waals surface area contributed by atoms with Gasteiger partial charge < -0.3 is 14.8 Å². The van der Waals surface area contributed by atoms with Crippen LogP contribution in [0.1, 0.15) is 12.1 Å². The minimum absolute atomic E-state index is 0.0638. The summed E-state index contributed by atoms with van der Waals surface area (Å²) in [5, 5.41) is 5.47. The van der Waals surface area contributed by atoms with E-state index in [9.17, 15) is 9.59 Å². The fraction of sp³-hybridized carbons (Fsp3) is 0.261. The largest absolute Gasteiger partial charge is 0.484 e. The van der Waals surface area contributed by atoms with Gasteiger partial charge in [-0.25, -0.2) is 9.78 Å². The molecule has 1 amide bonds. The van der Waals surface area contributed by atoms with E-state index in [4.69, 9.17) is 9.47 Å². The number of rotatable bonds is 11. The van der Waals surface area contributed by atoms with Gasteiger partial charge in [-0.15, -0.1) is 11.3 Å². The highest BCUT2D eigenvalue weighted by Gasteiger charge is 2.22. The van der Waals surface area contributed by atoms with Crippen LogP contribution in [0, 0.1) is 0 Å². The van der Waals surface area contributed by atoms with Crippen molar-refractivity contribution in [1.82, 2.24) is 10.3 Å². The van der Waals surface area contributed by atoms with E-state index in [0.29, 0.717) is 23.6 Å². The predicted molar refractivity (Wildman–Crippen MR) is 124 cm³/mol. The first kappa shape index (κ1) is 22.8. The van der Waals surface area contributed by atoms with Gasteiger partial charge in [0.25, 0.3) is 5.91 Å². The molecule has 3 aromatic rings. The van der Waals surface area contributed by atoms with E-state index in [1.54, 1.807) is 23.9 Å². The van der Waals surface area contributed by atoms with Crippen LogP contribution < -0.4 is 10.1 Å². The molecule has 2 aromatic carbocycles. The number of nitrogens with one attached hydrogen (secondary N) is 1.